The van der Waals surface area contributed by atoms with Crippen LogP contribution in [-0.2, 0) is 5.41 Å². The third kappa shape index (κ3) is 2.26. The van der Waals surface area contributed by atoms with Crippen LogP contribution in [0, 0.1) is 0 Å². The van der Waals surface area contributed by atoms with Crippen molar-refractivity contribution in [1.29, 1.82) is 0 Å². The third-order valence-corrected chi connectivity index (χ3v) is 4.06. The molecule has 1 fully saturated rings. The highest BCUT2D eigenvalue weighted by molar-refractivity contribution is 5.52. The standard InChI is InChI=1S/C14H18N4O/c1-2-14(5-9-16-10-6-14)13-17-12(18-19-13)11-3-7-15-8-4-11/h3-4,7-8,16H,2,5-6,9-10H2,1H3. The third-order valence-electron chi connectivity index (χ3n) is 4.06. The first-order chi connectivity index (χ1) is 9.34. The lowest BCUT2D eigenvalue weighted by Gasteiger charge is -2.33. The van der Waals surface area contributed by atoms with Crippen LogP contribution in [0.25, 0.3) is 11.4 Å². The van der Waals surface area contributed by atoms with E-state index < -0.39 is 0 Å². The zero-order chi connectivity index (χ0) is 13.1. The molecule has 0 aliphatic carbocycles. The number of hydrogen-bond donors (Lipinski definition) is 1. The minimum Gasteiger partial charge on any atom is -0.338 e. The van der Waals surface area contributed by atoms with E-state index in [2.05, 4.69) is 27.4 Å². The Balaban J connectivity index is 1.92. The van der Waals surface area contributed by atoms with Crippen molar-refractivity contribution in [3.05, 3.63) is 30.4 Å². The Hall–Kier alpha value is -1.75. The van der Waals surface area contributed by atoms with Gasteiger partial charge in [-0.3, -0.25) is 4.98 Å². The molecule has 2 aromatic heterocycles. The SMILES string of the molecule is CCC1(c2nc(-c3ccncc3)no2)CCNCC1. The van der Waals surface area contributed by atoms with Crippen molar-refractivity contribution in [2.45, 2.75) is 31.6 Å². The summed E-state index contributed by atoms with van der Waals surface area (Å²) in [5.74, 6) is 1.44. The average molecular weight is 258 g/mol. The molecule has 3 heterocycles. The molecule has 5 heteroatoms. The molecular formula is C14H18N4O. The van der Waals surface area contributed by atoms with Crippen molar-refractivity contribution in [2.75, 3.05) is 13.1 Å². The van der Waals surface area contributed by atoms with E-state index in [4.69, 9.17) is 4.52 Å². The van der Waals surface area contributed by atoms with E-state index in [1.807, 2.05) is 12.1 Å². The van der Waals surface area contributed by atoms with Gasteiger partial charge in [-0.05, 0) is 44.5 Å². The van der Waals surface area contributed by atoms with Crippen LogP contribution in [0.4, 0.5) is 0 Å². The Labute approximate surface area is 112 Å². The molecule has 0 saturated carbocycles. The second kappa shape index (κ2) is 5.09. The van der Waals surface area contributed by atoms with Gasteiger partial charge in [-0.25, -0.2) is 0 Å². The Bertz CT molecular complexity index is 531. The number of aromatic nitrogens is 3. The first-order valence-corrected chi connectivity index (χ1v) is 6.79. The number of nitrogens with one attached hydrogen (secondary N) is 1. The summed E-state index contributed by atoms with van der Waals surface area (Å²) in [7, 11) is 0. The molecule has 1 N–H and O–H groups in total. The van der Waals surface area contributed by atoms with Crippen molar-refractivity contribution >= 4 is 0 Å². The molecule has 0 atom stereocenters. The minimum atomic E-state index is 0.0452. The molecule has 0 radical (unpaired) electrons. The Morgan fingerprint density at radius 3 is 2.68 bits per heavy atom. The van der Waals surface area contributed by atoms with Crippen LogP contribution < -0.4 is 5.32 Å². The molecule has 2 aromatic rings. The van der Waals surface area contributed by atoms with Crippen LogP contribution in [0.15, 0.2) is 29.0 Å². The minimum absolute atomic E-state index is 0.0452. The summed E-state index contributed by atoms with van der Waals surface area (Å²) in [5, 5.41) is 7.50. The van der Waals surface area contributed by atoms with Gasteiger partial charge in [-0.1, -0.05) is 12.1 Å². The van der Waals surface area contributed by atoms with Gasteiger partial charge >= 0.3 is 0 Å². The lowest BCUT2D eigenvalue weighted by molar-refractivity contribution is 0.216. The highest BCUT2D eigenvalue weighted by atomic mass is 16.5. The molecule has 19 heavy (non-hydrogen) atoms. The molecule has 0 spiro atoms. The molecule has 5 nitrogen and oxygen atoms in total. The highest BCUT2D eigenvalue weighted by Crippen LogP contribution is 2.36. The number of nitrogens with zero attached hydrogens (tertiary/aromatic N) is 3. The van der Waals surface area contributed by atoms with Gasteiger partial charge in [0.1, 0.15) is 0 Å². The van der Waals surface area contributed by atoms with E-state index >= 15 is 0 Å². The quantitative estimate of drug-likeness (QED) is 0.914. The Morgan fingerprint density at radius 1 is 1.26 bits per heavy atom. The van der Waals surface area contributed by atoms with Gasteiger partial charge in [-0.15, -0.1) is 0 Å². The second-order valence-corrected chi connectivity index (χ2v) is 5.04. The van der Waals surface area contributed by atoms with Crippen LogP contribution >= 0.6 is 0 Å². The first-order valence-electron chi connectivity index (χ1n) is 6.79. The Kier molecular flexibility index (Phi) is 3.29. The fourth-order valence-electron chi connectivity index (χ4n) is 2.68. The molecule has 100 valence electrons. The van der Waals surface area contributed by atoms with Crippen LogP contribution in [0.1, 0.15) is 32.1 Å². The summed E-state index contributed by atoms with van der Waals surface area (Å²) in [6.07, 6.45) is 6.63. The van der Waals surface area contributed by atoms with E-state index in [-0.39, 0.29) is 5.41 Å². The second-order valence-electron chi connectivity index (χ2n) is 5.04. The lowest BCUT2D eigenvalue weighted by Crippen LogP contribution is -2.39. The predicted octanol–water partition coefficient (Wildman–Crippen LogP) is 2.16. The van der Waals surface area contributed by atoms with E-state index in [9.17, 15) is 0 Å². The van der Waals surface area contributed by atoms with Crippen LogP contribution in [0.2, 0.25) is 0 Å². The first kappa shape index (κ1) is 12.3. The summed E-state index contributed by atoms with van der Waals surface area (Å²) in [6, 6.07) is 3.80. The van der Waals surface area contributed by atoms with Crippen LogP contribution in [0.3, 0.4) is 0 Å². The molecule has 1 saturated heterocycles. The van der Waals surface area contributed by atoms with Gasteiger partial charge < -0.3 is 9.84 Å². The maximum absolute atomic E-state index is 5.54. The van der Waals surface area contributed by atoms with E-state index in [1.54, 1.807) is 12.4 Å². The smallest absolute Gasteiger partial charge is 0.233 e. The summed E-state index contributed by atoms with van der Waals surface area (Å²) in [6.45, 7) is 4.23. The maximum Gasteiger partial charge on any atom is 0.233 e. The van der Waals surface area contributed by atoms with E-state index in [0.717, 1.165) is 43.8 Å². The number of piperidine rings is 1. The van der Waals surface area contributed by atoms with Crippen molar-refractivity contribution in [3.63, 3.8) is 0 Å². The van der Waals surface area contributed by atoms with E-state index in [1.165, 1.54) is 0 Å². The van der Waals surface area contributed by atoms with E-state index in [0.29, 0.717) is 5.82 Å². The molecular weight excluding hydrogens is 240 g/mol. The molecule has 0 bridgehead atoms. The fraction of sp³-hybridized carbons (Fsp3) is 0.500. The molecule has 0 amide bonds. The van der Waals surface area contributed by atoms with Gasteiger partial charge in [0.05, 0.1) is 5.41 Å². The number of hydrogen-bond acceptors (Lipinski definition) is 5. The van der Waals surface area contributed by atoms with Gasteiger partial charge in [0.15, 0.2) is 0 Å². The fourth-order valence-corrected chi connectivity index (χ4v) is 2.68. The average Bonchev–Trinajstić information content (AvgIpc) is 2.99. The molecule has 0 unspecified atom stereocenters. The van der Waals surface area contributed by atoms with Crippen molar-refractivity contribution < 1.29 is 4.52 Å². The topological polar surface area (TPSA) is 63.8 Å². The highest BCUT2D eigenvalue weighted by Gasteiger charge is 2.37. The van der Waals surface area contributed by atoms with Crippen molar-refractivity contribution in [2.24, 2.45) is 0 Å². The molecule has 0 aromatic carbocycles. The van der Waals surface area contributed by atoms with Gasteiger partial charge in [0.25, 0.3) is 0 Å². The maximum atomic E-state index is 5.54. The van der Waals surface area contributed by atoms with Gasteiger partial charge in [-0.2, -0.15) is 4.98 Å². The molecule has 1 aliphatic rings. The van der Waals surface area contributed by atoms with Crippen LogP contribution in [-0.4, -0.2) is 28.2 Å². The van der Waals surface area contributed by atoms with Crippen molar-refractivity contribution in [1.82, 2.24) is 20.4 Å². The summed E-state index contributed by atoms with van der Waals surface area (Å²) in [5.41, 5.74) is 0.994. The van der Waals surface area contributed by atoms with Crippen LogP contribution in [0.5, 0.6) is 0 Å². The predicted molar refractivity (Wildman–Crippen MR) is 71.6 cm³/mol. The summed E-state index contributed by atoms with van der Waals surface area (Å²) >= 11 is 0. The monoisotopic (exact) mass is 258 g/mol. The lowest BCUT2D eigenvalue weighted by atomic mass is 9.76. The van der Waals surface area contributed by atoms with Gasteiger partial charge in [0, 0.05) is 18.0 Å². The van der Waals surface area contributed by atoms with Gasteiger partial charge in [0.2, 0.25) is 11.7 Å². The summed E-state index contributed by atoms with van der Waals surface area (Å²) < 4.78 is 5.54. The zero-order valence-corrected chi connectivity index (χ0v) is 11.1. The largest absolute Gasteiger partial charge is 0.338 e. The van der Waals surface area contributed by atoms with Crippen molar-refractivity contribution in [3.8, 4) is 11.4 Å². The zero-order valence-electron chi connectivity index (χ0n) is 11.1. The number of pyridine rings is 1. The summed E-state index contributed by atoms with van der Waals surface area (Å²) in [4.78, 5) is 8.62. The Morgan fingerprint density at radius 2 is 2.00 bits per heavy atom. The normalized spacial score (nSPS) is 18.4. The molecule has 1 aliphatic heterocycles. The molecule has 3 rings (SSSR count). The number of rotatable bonds is 3.